The number of fused-ring (bicyclic) bond motifs is 1. The quantitative estimate of drug-likeness (QED) is 0.586. The van der Waals surface area contributed by atoms with Crippen molar-refractivity contribution >= 4 is 28.3 Å². The minimum atomic E-state index is 0.715. The Morgan fingerprint density at radius 1 is 0.931 bits per heavy atom. The SMILES string of the molecule is CCN1CCN(CCCNc2nc(-c3ccc(Cl)cc3)nc3ccccc23)CC1. The predicted octanol–water partition coefficient (Wildman–Crippen LogP) is 4.39. The lowest BCUT2D eigenvalue weighted by Crippen LogP contribution is -2.46. The van der Waals surface area contributed by atoms with Gasteiger partial charge >= 0.3 is 0 Å². The monoisotopic (exact) mass is 409 g/mol. The van der Waals surface area contributed by atoms with Crippen LogP contribution < -0.4 is 5.32 Å². The Hall–Kier alpha value is -2.21. The Labute approximate surface area is 177 Å². The maximum Gasteiger partial charge on any atom is 0.162 e. The second-order valence-corrected chi connectivity index (χ2v) is 7.91. The van der Waals surface area contributed by atoms with Gasteiger partial charge in [0.25, 0.3) is 0 Å². The number of anilines is 1. The molecule has 0 radical (unpaired) electrons. The van der Waals surface area contributed by atoms with E-state index in [1.54, 1.807) is 0 Å². The summed E-state index contributed by atoms with van der Waals surface area (Å²) in [6.45, 7) is 10.1. The van der Waals surface area contributed by atoms with Crippen LogP contribution in [0.25, 0.3) is 22.3 Å². The number of hydrogen-bond acceptors (Lipinski definition) is 5. The molecule has 0 atom stereocenters. The molecule has 1 aliphatic rings. The van der Waals surface area contributed by atoms with Crippen molar-refractivity contribution in [1.82, 2.24) is 19.8 Å². The van der Waals surface area contributed by atoms with E-state index in [2.05, 4.69) is 28.1 Å². The van der Waals surface area contributed by atoms with Gasteiger partial charge in [0, 0.05) is 48.7 Å². The van der Waals surface area contributed by atoms with Gasteiger partial charge in [0.05, 0.1) is 5.52 Å². The number of nitrogens with zero attached hydrogens (tertiary/aromatic N) is 4. The summed E-state index contributed by atoms with van der Waals surface area (Å²) in [4.78, 5) is 14.6. The Bertz CT molecular complexity index is 936. The van der Waals surface area contributed by atoms with Crippen molar-refractivity contribution in [3.05, 3.63) is 53.6 Å². The summed E-state index contributed by atoms with van der Waals surface area (Å²) in [6.07, 6.45) is 1.10. The summed E-state index contributed by atoms with van der Waals surface area (Å²) in [5, 5.41) is 5.33. The van der Waals surface area contributed by atoms with Crippen LogP contribution in [0.15, 0.2) is 48.5 Å². The van der Waals surface area contributed by atoms with E-state index in [4.69, 9.17) is 21.6 Å². The third-order valence-electron chi connectivity index (χ3n) is 5.56. The molecule has 0 aliphatic carbocycles. The third-order valence-corrected chi connectivity index (χ3v) is 5.81. The van der Waals surface area contributed by atoms with Gasteiger partial charge in [0.2, 0.25) is 0 Å². The lowest BCUT2D eigenvalue weighted by molar-refractivity contribution is 0.137. The molecular weight excluding hydrogens is 382 g/mol. The second kappa shape index (κ2) is 9.53. The van der Waals surface area contributed by atoms with Crippen LogP contribution in [-0.2, 0) is 0 Å². The number of para-hydroxylation sites is 1. The van der Waals surface area contributed by atoms with Gasteiger partial charge in [-0.15, -0.1) is 0 Å². The van der Waals surface area contributed by atoms with Crippen LogP contribution in [0.2, 0.25) is 5.02 Å². The first-order valence-corrected chi connectivity index (χ1v) is 10.8. The summed E-state index contributed by atoms with van der Waals surface area (Å²) in [7, 11) is 0. The van der Waals surface area contributed by atoms with Crippen molar-refractivity contribution in [2.45, 2.75) is 13.3 Å². The number of nitrogens with one attached hydrogen (secondary N) is 1. The Balaban J connectivity index is 1.43. The minimum absolute atomic E-state index is 0.715. The van der Waals surface area contributed by atoms with E-state index in [-0.39, 0.29) is 0 Å². The van der Waals surface area contributed by atoms with Crippen molar-refractivity contribution < 1.29 is 0 Å². The number of benzene rings is 2. The summed E-state index contributed by atoms with van der Waals surface area (Å²) in [6, 6.07) is 15.8. The zero-order valence-corrected chi connectivity index (χ0v) is 17.7. The van der Waals surface area contributed by atoms with E-state index in [1.807, 2.05) is 42.5 Å². The number of aromatic nitrogens is 2. The molecule has 29 heavy (non-hydrogen) atoms. The molecule has 152 valence electrons. The Kier molecular flexibility index (Phi) is 6.60. The summed E-state index contributed by atoms with van der Waals surface area (Å²) < 4.78 is 0. The molecule has 1 fully saturated rings. The van der Waals surface area contributed by atoms with Crippen molar-refractivity contribution in [2.75, 3.05) is 51.1 Å². The van der Waals surface area contributed by atoms with Gasteiger partial charge in [0.1, 0.15) is 5.82 Å². The number of hydrogen-bond donors (Lipinski definition) is 1. The van der Waals surface area contributed by atoms with Crippen molar-refractivity contribution in [2.24, 2.45) is 0 Å². The molecule has 1 aromatic heterocycles. The van der Waals surface area contributed by atoms with E-state index in [0.29, 0.717) is 5.02 Å². The van der Waals surface area contributed by atoms with Crippen LogP contribution in [-0.4, -0.2) is 65.6 Å². The number of rotatable bonds is 7. The summed E-state index contributed by atoms with van der Waals surface area (Å²) in [5.41, 5.74) is 1.92. The standard InChI is InChI=1S/C23H28ClN5/c1-2-28-14-16-29(17-15-28)13-5-12-25-23-20-6-3-4-7-21(20)26-22(27-23)18-8-10-19(24)11-9-18/h3-4,6-11H,2,5,12-17H2,1H3,(H,25,26,27). The molecule has 0 amide bonds. The van der Waals surface area contributed by atoms with Crippen LogP contribution in [0, 0.1) is 0 Å². The molecule has 0 bridgehead atoms. The van der Waals surface area contributed by atoms with Crippen LogP contribution in [0.4, 0.5) is 5.82 Å². The predicted molar refractivity (Wildman–Crippen MR) is 122 cm³/mol. The van der Waals surface area contributed by atoms with Crippen molar-refractivity contribution in [3.8, 4) is 11.4 Å². The lowest BCUT2D eigenvalue weighted by Gasteiger charge is -2.34. The van der Waals surface area contributed by atoms with Gasteiger partial charge in [0.15, 0.2) is 5.82 Å². The van der Waals surface area contributed by atoms with Gasteiger partial charge < -0.3 is 15.1 Å². The maximum absolute atomic E-state index is 6.03. The fourth-order valence-electron chi connectivity index (χ4n) is 3.78. The van der Waals surface area contributed by atoms with Gasteiger partial charge in [-0.25, -0.2) is 9.97 Å². The zero-order valence-electron chi connectivity index (χ0n) is 16.9. The zero-order chi connectivity index (χ0) is 20.1. The first-order chi connectivity index (χ1) is 14.2. The van der Waals surface area contributed by atoms with E-state index in [9.17, 15) is 0 Å². The Morgan fingerprint density at radius 2 is 1.66 bits per heavy atom. The average Bonchev–Trinajstić information content (AvgIpc) is 2.77. The molecule has 3 aromatic rings. The summed E-state index contributed by atoms with van der Waals surface area (Å²) in [5.74, 6) is 1.62. The smallest absolute Gasteiger partial charge is 0.162 e. The van der Waals surface area contributed by atoms with E-state index >= 15 is 0 Å². The minimum Gasteiger partial charge on any atom is -0.369 e. The van der Waals surface area contributed by atoms with Gasteiger partial charge in [-0.3, -0.25) is 0 Å². The maximum atomic E-state index is 6.03. The number of likely N-dealkylation sites (N-methyl/N-ethyl adjacent to an activating group) is 1. The highest BCUT2D eigenvalue weighted by Crippen LogP contribution is 2.25. The fraction of sp³-hybridized carbons (Fsp3) is 0.391. The third kappa shape index (κ3) is 5.04. The largest absolute Gasteiger partial charge is 0.369 e. The lowest BCUT2D eigenvalue weighted by atomic mass is 10.2. The molecule has 5 nitrogen and oxygen atoms in total. The molecule has 1 aliphatic heterocycles. The molecule has 2 heterocycles. The van der Waals surface area contributed by atoms with Crippen LogP contribution >= 0.6 is 11.6 Å². The molecule has 0 unspecified atom stereocenters. The van der Waals surface area contributed by atoms with Crippen molar-refractivity contribution in [1.29, 1.82) is 0 Å². The normalized spacial score (nSPS) is 15.7. The van der Waals surface area contributed by atoms with Crippen molar-refractivity contribution in [3.63, 3.8) is 0 Å². The van der Waals surface area contributed by atoms with Gasteiger partial charge in [-0.1, -0.05) is 30.7 Å². The topological polar surface area (TPSA) is 44.3 Å². The second-order valence-electron chi connectivity index (χ2n) is 7.48. The molecule has 4 rings (SSSR count). The van der Waals surface area contributed by atoms with Crippen LogP contribution in [0.3, 0.4) is 0 Å². The first-order valence-electron chi connectivity index (χ1n) is 10.4. The summed E-state index contributed by atoms with van der Waals surface area (Å²) >= 11 is 6.03. The van der Waals surface area contributed by atoms with E-state index in [1.165, 1.54) is 26.2 Å². The molecule has 0 spiro atoms. The highest BCUT2D eigenvalue weighted by Gasteiger charge is 2.15. The van der Waals surface area contributed by atoms with Crippen LogP contribution in [0.1, 0.15) is 13.3 Å². The highest BCUT2D eigenvalue weighted by atomic mass is 35.5. The molecule has 2 aromatic carbocycles. The molecule has 6 heteroatoms. The average molecular weight is 410 g/mol. The van der Waals surface area contributed by atoms with Crippen LogP contribution in [0.5, 0.6) is 0 Å². The molecule has 0 saturated carbocycles. The molecule has 1 saturated heterocycles. The van der Waals surface area contributed by atoms with E-state index < -0.39 is 0 Å². The van der Waals surface area contributed by atoms with Gasteiger partial charge in [-0.2, -0.15) is 0 Å². The Morgan fingerprint density at radius 3 is 2.41 bits per heavy atom. The first kappa shape index (κ1) is 20.1. The van der Waals surface area contributed by atoms with E-state index in [0.717, 1.165) is 54.2 Å². The highest BCUT2D eigenvalue weighted by molar-refractivity contribution is 6.30. The molecule has 1 N–H and O–H groups in total. The fourth-order valence-corrected chi connectivity index (χ4v) is 3.90. The molecular formula is C23H28ClN5. The van der Waals surface area contributed by atoms with Gasteiger partial charge in [-0.05, 0) is 55.9 Å². The number of halogens is 1. The number of piperazine rings is 1.